The van der Waals surface area contributed by atoms with Gasteiger partial charge in [-0.25, -0.2) is 4.57 Å². The first-order chi connectivity index (χ1) is 6.33. The molecule has 0 aliphatic carbocycles. The van der Waals surface area contributed by atoms with Crippen LogP contribution in [0.2, 0.25) is 0 Å². The SMILES string of the molecule is CCCOP(=O)(OC)OCC(F)(F)F. The van der Waals surface area contributed by atoms with E-state index in [2.05, 4.69) is 13.6 Å². The molecule has 8 heteroatoms. The molecule has 0 radical (unpaired) electrons. The first-order valence-corrected chi connectivity index (χ1v) is 5.30. The summed E-state index contributed by atoms with van der Waals surface area (Å²) in [6, 6.07) is 0. The van der Waals surface area contributed by atoms with Crippen LogP contribution >= 0.6 is 7.82 Å². The number of halogens is 3. The molecule has 1 unspecified atom stereocenters. The molecule has 0 saturated carbocycles. The highest BCUT2D eigenvalue weighted by Gasteiger charge is 2.34. The highest BCUT2D eigenvalue weighted by Crippen LogP contribution is 2.49. The summed E-state index contributed by atoms with van der Waals surface area (Å²) in [6.07, 6.45) is -4.05. The summed E-state index contributed by atoms with van der Waals surface area (Å²) in [5, 5.41) is 0. The molecule has 86 valence electrons. The average molecular weight is 236 g/mol. The van der Waals surface area contributed by atoms with Gasteiger partial charge in [0.05, 0.1) is 6.61 Å². The lowest BCUT2D eigenvalue weighted by molar-refractivity contribution is -0.158. The lowest BCUT2D eigenvalue weighted by atomic mass is 10.5. The molecule has 0 aromatic carbocycles. The minimum atomic E-state index is -4.55. The Morgan fingerprint density at radius 1 is 1.29 bits per heavy atom. The number of hydrogen-bond donors (Lipinski definition) is 0. The molecule has 0 aromatic rings. The van der Waals surface area contributed by atoms with Gasteiger partial charge in [-0.3, -0.25) is 13.6 Å². The molecule has 0 aromatic heterocycles. The summed E-state index contributed by atoms with van der Waals surface area (Å²) in [5.41, 5.74) is 0. The monoisotopic (exact) mass is 236 g/mol. The van der Waals surface area contributed by atoms with Crippen molar-refractivity contribution in [2.45, 2.75) is 19.5 Å². The topological polar surface area (TPSA) is 44.8 Å². The first-order valence-electron chi connectivity index (χ1n) is 3.84. The fraction of sp³-hybridized carbons (Fsp3) is 1.00. The van der Waals surface area contributed by atoms with E-state index in [0.717, 1.165) is 7.11 Å². The summed E-state index contributed by atoms with van der Waals surface area (Å²) in [6.45, 7) is 0.0779. The van der Waals surface area contributed by atoms with E-state index in [-0.39, 0.29) is 6.61 Å². The maximum absolute atomic E-state index is 11.7. The molecule has 0 bridgehead atoms. The van der Waals surface area contributed by atoms with Gasteiger partial charge < -0.3 is 0 Å². The maximum Gasteiger partial charge on any atom is 0.474 e. The summed E-state index contributed by atoms with van der Waals surface area (Å²) >= 11 is 0. The molecule has 0 N–H and O–H groups in total. The Bertz CT molecular complexity index is 206. The molecular weight excluding hydrogens is 224 g/mol. The summed E-state index contributed by atoms with van der Waals surface area (Å²) in [7, 11) is -3.07. The predicted octanol–water partition coefficient (Wildman–Crippen LogP) is 2.75. The molecule has 0 fully saturated rings. The number of phosphoric ester groups is 1. The van der Waals surface area contributed by atoms with E-state index >= 15 is 0 Å². The third-order valence-electron chi connectivity index (χ3n) is 1.06. The van der Waals surface area contributed by atoms with E-state index in [1.807, 2.05) is 0 Å². The Morgan fingerprint density at radius 2 is 1.86 bits per heavy atom. The van der Waals surface area contributed by atoms with Crippen molar-refractivity contribution in [3.63, 3.8) is 0 Å². The van der Waals surface area contributed by atoms with Crippen molar-refractivity contribution < 1.29 is 31.3 Å². The summed E-state index contributed by atoms with van der Waals surface area (Å²) in [5.74, 6) is 0. The molecular formula is C6H12F3O4P. The highest BCUT2D eigenvalue weighted by atomic mass is 31.2. The highest BCUT2D eigenvalue weighted by molar-refractivity contribution is 7.48. The molecule has 0 rings (SSSR count). The molecule has 0 spiro atoms. The normalized spacial score (nSPS) is 16.6. The second kappa shape index (κ2) is 5.70. The number of rotatable bonds is 6. The van der Waals surface area contributed by atoms with E-state index < -0.39 is 20.6 Å². The van der Waals surface area contributed by atoms with Crippen molar-refractivity contribution in [2.24, 2.45) is 0 Å². The molecule has 14 heavy (non-hydrogen) atoms. The van der Waals surface area contributed by atoms with E-state index in [1.165, 1.54) is 0 Å². The van der Waals surface area contributed by atoms with Crippen LogP contribution in [0.3, 0.4) is 0 Å². The van der Waals surface area contributed by atoms with Crippen LogP contribution in [-0.4, -0.2) is 26.5 Å². The van der Waals surface area contributed by atoms with Crippen LogP contribution < -0.4 is 0 Å². The van der Waals surface area contributed by atoms with Crippen molar-refractivity contribution in [1.29, 1.82) is 0 Å². The Morgan fingerprint density at radius 3 is 2.21 bits per heavy atom. The van der Waals surface area contributed by atoms with Crippen LogP contribution in [0.5, 0.6) is 0 Å². The zero-order chi connectivity index (χ0) is 11.2. The van der Waals surface area contributed by atoms with Crippen LogP contribution in [0.25, 0.3) is 0 Å². The minimum Gasteiger partial charge on any atom is -0.290 e. The minimum absolute atomic E-state index is 0.0168. The molecule has 0 heterocycles. The third-order valence-corrected chi connectivity index (χ3v) is 2.45. The van der Waals surface area contributed by atoms with Gasteiger partial charge in [-0.05, 0) is 6.42 Å². The van der Waals surface area contributed by atoms with Crippen LogP contribution in [0.4, 0.5) is 13.2 Å². The van der Waals surface area contributed by atoms with E-state index in [0.29, 0.717) is 6.42 Å². The Hall–Kier alpha value is -0.100. The van der Waals surface area contributed by atoms with E-state index in [9.17, 15) is 17.7 Å². The lowest BCUT2D eigenvalue weighted by Crippen LogP contribution is -2.16. The second-order valence-corrected chi connectivity index (χ2v) is 4.13. The van der Waals surface area contributed by atoms with Crippen molar-refractivity contribution in [2.75, 3.05) is 20.3 Å². The number of phosphoric acid groups is 1. The van der Waals surface area contributed by atoms with Gasteiger partial charge in [0, 0.05) is 7.11 Å². The standard InChI is InChI=1S/C6H12F3O4P/c1-3-4-12-14(10,11-2)13-5-6(7,8)9/h3-5H2,1-2H3. The largest absolute Gasteiger partial charge is 0.474 e. The zero-order valence-electron chi connectivity index (χ0n) is 7.84. The van der Waals surface area contributed by atoms with Crippen LogP contribution in [0.1, 0.15) is 13.3 Å². The van der Waals surface area contributed by atoms with Crippen molar-refractivity contribution in [3.05, 3.63) is 0 Å². The van der Waals surface area contributed by atoms with Crippen LogP contribution in [-0.2, 0) is 18.1 Å². The Labute approximate surface area is 80.0 Å². The van der Waals surface area contributed by atoms with E-state index in [4.69, 9.17) is 0 Å². The summed E-state index contributed by atoms with van der Waals surface area (Å²) < 4.78 is 59.1. The quantitative estimate of drug-likeness (QED) is 0.665. The Balaban J connectivity index is 4.06. The lowest BCUT2D eigenvalue weighted by Gasteiger charge is -2.16. The smallest absolute Gasteiger partial charge is 0.290 e. The van der Waals surface area contributed by atoms with Crippen molar-refractivity contribution in [1.82, 2.24) is 0 Å². The number of hydrogen-bond acceptors (Lipinski definition) is 4. The van der Waals surface area contributed by atoms with Crippen molar-refractivity contribution >= 4 is 7.82 Å². The fourth-order valence-electron chi connectivity index (χ4n) is 0.498. The first kappa shape index (κ1) is 13.9. The molecule has 4 nitrogen and oxygen atoms in total. The second-order valence-electron chi connectivity index (χ2n) is 2.35. The molecule has 0 aliphatic heterocycles. The van der Waals surface area contributed by atoms with Crippen molar-refractivity contribution in [3.8, 4) is 0 Å². The van der Waals surface area contributed by atoms with Gasteiger partial charge in [-0.1, -0.05) is 6.92 Å². The van der Waals surface area contributed by atoms with Gasteiger partial charge in [0.25, 0.3) is 0 Å². The van der Waals surface area contributed by atoms with E-state index in [1.54, 1.807) is 6.92 Å². The predicted molar refractivity (Wildman–Crippen MR) is 42.9 cm³/mol. The number of alkyl halides is 3. The van der Waals surface area contributed by atoms with Gasteiger partial charge >= 0.3 is 14.0 Å². The zero-order valence-corrected chi connectivity index (χ0v) is 8.73. The molecule has 0 aliphatic rings. The molecule has 1 atom stereocenters. The van der Waals surface area contributed by atoms with Gasteiger partial charge in [0.15, 0.2) is 6.61 Å². The van der Waals surface area contributed by atoms with Crippen LogP contribution in [0.15, 0.2) is 0 Å². The third kappa shape index (κ3) is 6.37. The summed E-state index contributed by atoms with van der Waals surface area (Å²) in [4.78, 5) is 0. The molecule has 0 saturated heterocycles. The van der Waals surface area contributed by atoms with Gasteiger partial charge in [0.1, 0.15) is 0 Å². The van der Waals surface area contributed by atoms with Gasteiger partial charge in [-0.15, -0.1) is 0 Å². The fourth-order valence-corrected chi connectivity index (χ4v) is 1.49. The van der Waals surface area contributed by atoms with Crippen LogP contribution in [0, 0.1) is 0 Å². The molecule has 0 amide bonds. The van der Waals surface area contributed by atoms with Gasteiger partial charge in [0.2, 0.25) is 0 Å². The van der Waals surface area contributed by atoms with Gasteiger partial charge in [-0.2, -0.15) is 13.2 Å². The average Bonchev–Trinajstić information content (AvgIpc) is 2.10. The maximum atomic E-state index is 11.7. The Kier molecular flexibility index (Phi) is 5.66.